The van der Waals surface area contributed by atoms with E-state index in [0.717, 1.165) is 11.1 Å². The number of carbonyl (C=O) groups is 1. The molecule has 0 unspecified atom stereocenters. The Morgan fingerprint density at radius 2 is 1.95 bits per heavy atom. The second kappa shape index (κ2) is 5.74. The molecule has 0 spiro atoms. The van der Waals surface area contributed by atoms with Crippen molar-refractivity contribution in [3.05, 3.63) is 65.0 Å². The minimum atomic E-state index is -1.13. The number of aromatic carboxylic acids is 1. The molecule has 0 aliphatic carbocycles. The highest BCUT2D eigenvalue weighted by Crippen LogP contribution is 2.25. The molecule has 0 bridgehead atoms. The van der Waals surface area contributed by atoms with Gasteiger partial charge in [0.05, 0.1) is 11.3 Å². The first-order valence-corrected chi connectivity index (χ1v) is 6.27. The van der Waals surface area contributed by atoms with Crippen LogP contribution in [0, 0.1) is 12.7 Å². The van der Waals surface area contributed by atoms with Gasteiger partial charge in [-0.05, 0) is 24.6 Å². The molecule has 0 aliphatic heterocycles. The molecule has 3 nitrogen and oxygen atoms in total. The van der Waals surface area contributed by atoms with Gasteiger partial charge in [0.1, 0.15) is 5.82 Å². The Morgan fingerprint density at radius 1 is 1.25 bits per heavy atom. The molecule has 0 aliphatic rings. The molecule has 20 heavy (non-hydrogen) atoms. The molecule has 1 N–H and O–H groups in total. The number of nitrogens with zero attached hydrogens (tertiary/aromatic N) is 1. The lowest BCUT2D eigenvalue weighted by atomic mass is 10.1. The van der Waals surface area contributed by atoms with Crippen LogP contribution < -0.4 is 4.90 Å². The van der Waals surface area contributed by atoms with Crippen LogP contribution in [0.3, 0.4) is 0 Å². The molecule has 0 heterocycles. The number of carboxylic acid groups (broad SMARTS) is 1. The van der Waals surface area contributed by atoms with Crippen molar-refractivity contribution < 1.29 is 14.3 Å². The average molecular weight is 273 g/mol. The fourth-order valence-electron chi connectivity index (χ4n) is 2.24. The second-order valence-electron chi connectivity index (χ2n) is 4.79. The molecule has 2 rings (SSSR count). The predicted octanol–water partition coefficient (Wildman–Crippen LogP) is 3.47. The third-order valence-electron chi connectivity index (χ3n) is 3.10. The standard InChI is InChI=1S/C16H16FNO2/c1-11-5-3-6-12(9-11)10-18(2)15-13(16(19)20)7-4-8-14(15)17/h3-9H,10H2,1-2H3,(H,19,20). The number of rotatable bonds is 4. The van der Waals surface area contributed by atoms with E-state index in [2.05, 4.69) is 0 Å². The summed E-state index contributed by atoms with van der Waals surface area (Å²) in [5, 5.41) is 9.16. The molecule has 4 heteroatoms. The zero-order valence-corrected chi connectivity index (χ0v) is 11.4. The van der Waals surface area contributed by atoms with Crippen LogP contribution in [-0.4, -0.2) is 18.1 Å². The predicted molar refractivity (Wildman–Crippen MR) is 76.6 cm³/mol. The number of para-hydroxylation sites is 1. The number of halogens is 1. The van der Waals surface area contributed by atoms with Crippen molar-refractivity contribution in [1.82, 2.24) is 0 Å². The third kappa shape index (κ3) is 2.96. The van der Waals surface area contributed by atoms with Crippen molar-refractivity contribution in [3.8, 4) is 0 Å². The second-order valence-corrected chi connectivity index (χ2v) is 4.79. The van der Waals surface area contributed by atoms with Crippen molar-refractivity contribution in [2.45, 2.75) is 13.5 Å². The van der Waals surface area contributed by atoms with E-state index >= 15 is 0 Å². The molecular formula is C16H16FNO2. The SMILES string of the molecule is Cc1cccc(CN(C)c2c(F)cccc2C(=O)O)c1. The average Bonchev–Trinajstić information content (AvgIpc) is 2.38. The summed E-state index contributed by atoms with van der Waals surface area (Å²) in [5.74, 6) is -1.66. The number of benzene rings is 2. The highest BCUT2D eigenvalue weighted by Gasteiger charge is 2.17. The lowest BCUT2D eigenvalue weighted by molar-refractivity contribution is 0.0697. The van der Waals surface area contributed by atoms with Crippen LogP contribution in [-0.2, 0) is 6.54 Å². The Morgan fingerprint density at radius 3 is 2.60 bits per heavy atom. The van der Waals surface area contributed by atoms with Gasteiger partial charge < -0.3 is 10.0 Å². The van der Waals surface area contributed by atoms with E-state index in [1.54, 1.807) is 11.9 Å². The van der Waals surface area contributed by atoms with Gasteiger partial charge in [0, 0.05) is 13.6 Å². The van der Waals surface area contributed by atoms with Crippen LogP contribution in [0.4, 0.5) is 10.1 Å². The van der Waals surface area contributed by atoms with Crippen molar-refractivity contribution in [3.63, 3.8) is 0 Å². The fraction of sp³-hybridized carbons (Fsp3) is 0.188. The van der Waals surface area contributed by atoms with Crippen LogP contribution in [0.15, 0.2) is 42.5 Å². The van der Waals surface area contributed by atoms with E-state index in [-0.39, 0.29) is 11.3 Å². The Labute approximate surface area is 117 Å². The summed E-state index contributed by atoms with van der Waals surface area (Å²) < 4.78 is 13.9. The van der Waals surface area contributed by atoms with Gasteiger partial charge in [-0.25, -0.2) is 9.18 Å². The van der Waals surface area contributed by atoms with Crippen molar-refractivity contribution in [2.75, 3.05) is 11.9 Å². The maximum atomic E-state index is 13.9. The summed E-state index contributed by atoms with van der Waals surface area (Å²) in [4.78, 5) is 12.8. The molecule has 0 atom stereocenters. The number of anilines is 1. The summed E-state index contributed by atoms with van der Waals surface area (Å²) in [5.41, 5.74) is 2.21. The number of hydrogen-bond acceptors (Lipinski definition) is 2. The first kappa shape index (κ1) is 14.1. The zero-order valence-electron chi connectivity index (χ0n) is 11.4. The Bertz CT molecular complexity index is 640. The van der Waals surface area contributed by atoms with Crippen LogP contribution >= 0.6 is 0 Å². The Hall–Kier alpha value is -2.36. The van der Waals surface area contributed by atoms with E-state index in [9.17, 15) is 9.18 Å². The molecule has 0 amide bonds. The molecule has 0 saturated carbocycles. The van der Waals surface area contributed by atoms with E-state index in [1.807, 2.05) is 31.2 Å². The number of aryl methyl sites for hydroxylation is 1. The monoisotopic (exact) mass is 273 g/mol. The Balaban J connectivity index is 2.34. The van der Waals surface area contributed by atoms with Gasteiger partial charge in [-0.3, -0.25) is 0 Å². The lowest BCUT2D eigenvalue weighted by Gasteiger charge is -2.22. The molecular weight excluding hydrogens is 257 g/mol. The first-order chi connectivity index (χ1) is 9.49. The highest BCUT2D eigenvalue weighted by atomic mass is 19.1. The molecule has 0 saturated heterocycles. The zero-order chi connectivity index (χ0) is 14.7. The van der Waals surface area contributed by atoms with Crippen LogP contribution in [0.2, 0.25) is 0 Å². The van der Waals surface area contributed by atoms with E-state index in [4.69, 9.17) is 5.11 Å². The lowest BCUT2D eigenvalue weighted by Crippen LogP contribution is -2.21. The molecule has 104 valence electrons. The fourth-order valence-corrected chi connectivity index (χ4v) is 2.24. The summed E-state index contributed by atoms with van der Waals surface area (Å²) in [6.45, 7) is 2.43. The normalized spacial score (nSPS) is 10.3. The smallest absolute Gasteiger partial charge is 0.337 e. The minimum absolute atomic E-state index is 0.0276. The third-order valence-corrected chi connectivity index (χ3v) is 3.10. The van der Waals surface area contributed by atoms with Crippen molar-refractivity contribution >= 4 is 11.7 Å². The maximum Gasteiger partial charge on any atom is 0.337 e. The van der Waals surface area contributed by atoms with Crippen LogP contribution in [0.5, 0.6) is 0 Å². The van der Waals surface area contributed by atoms with Crippen LogP contribution in [0.25, 0.3) is 0 Å². The van der Waals surface area contributed by atoms with Gasteiger partial charge in [-0.15, -0.1) is 0 Å². The van der Waals surface area contributed by atoms with E-state index < -0.39 is 11.8 Å². The minimum Gasteiger partial charge on any atom is -0.478 e. The Kier molecular flexibility index (Phi) is 4.03. The van der Waals surface area contributed by atoms with Crippen molar-refractivity contribution in [1.29, 1.82) is 0 Å². The topological polar surface area (TPSA) is 40.5 Å². The molecule has 0 radical (unpaired) electrons. The van der Waals surface area contributed by atoms with Gasteiger partial charge in [0.2, 0.25) is 0 Å². The first-order valence-electron chi connectivity index (χ1n) is 6.27. The van der Waals surface area contributed by atoms with Gasteiger partial charge >= 0.3 is 5.97 Å². The van der Waals surface area contributed by atoms with Crippen LogP contribution in [0.1, 0.15) is 21.5 Å². The van der Waals surface area contributed by atoms with Gasteiger partial charge in [-0.1, -0.05) is 35.9 Å². The van der Waals surface area contributed by atoms with E-state index in [1.165, 1.54) is 18.2 Å². The summed E-state index contributed by atoms with van der Waals surface area (Å²) in [6.07, 6.45) is 0. The highest BCUT2D eigenvalue weighted by molar-refractivity contribution is 5.94. The van der Waals surface area contributed by atoms with Gasteiger partial charge in [0.15, 0.2) is 0 Å². The largest absolute Gasteiger partial charge is 0.478 e. The molecule has 0 aromatic heterocycles. The molecule has 2 aromatic carbocycles. The summed E-state index contributed by atoms with van der Waals surface area (Å²) in [6, 6.07) is 11.9. The van der Waals surface area contributed by atoms with E-state index in [0.29, 0.717) is 6.54 Å². The number of hydrogen-bond donors (Lipinski definition) is 1. The van der Waals surface area contributed by atoms with Crippen molar-refractivity contribution in [2.24, 2.45) is 0 Å². The summed E-state index contributed by atoms with van der Waals surface area (Å²) in [7, 11) is 1.69. The van der Waals surface area contributed by atoms with Gasteiger partial charge in [-0.2, -0.15) is 0 Å². The molecule has 0 fully saturated rings. The number of carboxylic acids is 1. The maximum absolute atomic E-state index is 13.9. The summed E-state index contributed by atoms with van der Waals surface area (Å²) >= 11 is 0. The molecule has 2 aromatic rings. The quantitative estimate of drug-likeness (QED) is 0.927. The van der Waals surface area contributed by atoms with Gasteiger partial charge in [0.25, 0.3) is 0 Å².